The fourth-order valence-corrected chi connectivity index (χ4v) is 2.21. The molecule has 0 aromatic heterocycles. The van der Waals surface area contributed by atoms with Crippen molar-refractivity contribution in [3.05, 3.63) is 29.6 Å². The fourth-order valence-electron chi connectivity index (χ4n) is 2.21. The molecular formula is C14H20FNO2. The molecule has 1 N–H and O–H groups in total. The second-order valence-corrected chi connectivity index (χ2v) is 5.04. The van der Waals surface area contributed by atoms with Gasteiger partial charge in [-0.3, -0.25) is 0 Å². The number of halogens is 1. The molecule has 1 atom stereocenters. The Balaban J connectivity index is 1.95. The Morgan fingerprint density at radius 3 is 2.94 bits per heavy atom. The minimum Gasteiger partial charge on any atom is -0.494 e. The number of nitrogens with one attached hydrogen (secondary N) is 1. The van der Waals surface area contributed by atoms with E-state index in [1.165, 1.54) is 13.2 Å². The van der Waals surface area contributed by atoms with Gasteiger partial charge in [0.15, 0.2) is 11.6 Å². The van der Waals surface area contributed by atoms with Gasteiger partial charge in [0.25, 0.3) is 0 Å². The van der Waals surface area contributed by atoms with Gasteiger partial charge in [-0.15, -0.1) is 0 Å². The highest BCUT2D eigenvalue weighted by Crippen LogP contribution is 2.21. The first kappa shape index (κ1) is 13.3. The third kappa shape index (κ3) is 3.21. The molecule has 0 bridgehead atoms. The smallest absolute Gasteiger partial charge is 0.165 e. The molecule has 1 fully saturated rings. The minimum absolute atomic E-state index is 0.00530. The largest absolute Gasteiger partial charge is 0.494 e. The van der Waals surface area contributed by atoms with Crippen molar-refractivity contribution in [2.24, 2.45) is 0 Å². The Hall–Kier alpha value is -1.13. The Morgan fingerprint density at radius 1 is 1.50 bits per heavy atom. The first-order chi connectivity index (χ1) is 8.63. The summed E-state index contributed by atoms with van der Waals surface area (Å²) >= 11 is 0. The van der Waals surface area contributed by atoms with E-state index in [1.54, 1.807) is 6.07 Å². The zero-order valence-corrected chi connectivity index (χ0v) is 11.0. The summed E-state index contributed by atoms with van der Waals surface area (Å²) in [7, 11) is 1.47. The molecule has 1 aliphatic heterocycles. The van der Waals surface area contributed by atoms with E-state index < -0.39 is 0 Å². The summed E-state index contributed by atoms with van der Waals surface area (Å²) < 4.78 is 23.9. The predicted octanol–water partition coefficient (Wildman–Crippen LogP) is 2.49. The SMILES string of the molecule is COc1ccc(CNC2(C)CCCOC2)cc1F. The average Bonchev–Trinajstić information content (AvgIpc) is 2.38. The highest BCUT2D eigenvalue weighted by Gasteiger charge is 2.26. The van der Waals surface area contributed by atoms with Crippen molar-refractivity contribution in [1.82, 2.24) is 5.32 Å². The first-order valence-corrected chi connectivity index (χ1v) is 6.28. The Bertz CT molecular complexity index is 403. The van der Waals surface area contributed by atoms with Gasteiger partial charge in [0.05, 0.1) is 13.7 Å². The van der Waals surface area contributed by atoms with Gasteiger partial charge in [-0.25, -0.2) is 4.39 Å². The molecule has 1 aromatic carbocycles. The standard InChI is InChI=1S/C14H20FNO2/c1-14(6-3-7-18-10-14)16-9-11-4-5-13(17-2)12(15)8-11/h4-5,8,16H,3,6-7,9-10H2,1-2H3. The molecule has 3 nitrogen and oxygen atoms in total. The predicted molar refractivity (Wildman–Crippen MR) is 68.2 cm³/mol. The van der Waals surface area contributed by atoms with Crippen molar-refractivity contribution in [3.8, 4) is 5.75 Å². The van der Waals surface area contributed by atoms with Crippen molar-refractivity contribution >= 4 is 0 Å². The molecule has 4 heteroatoms. The van der Waals surface area contributed by atoms with Crippen LogP contribution in [0.5, 0.6) is 5.75 Å². The number of rotatable bonds is 4. The molecule has 2 rings (SSSR count). The van der Waals surface area contributed by atoms with Crippen molar-refractivity contribution in [2.75, 3.05) is 20.3 Å². The van der Waals surface area contributed by atoms with Crippen LogP contribution in [0.4, 0.5) is 4.39 Å². The molecule has 1 aliphatic rings. The minimum atomic E-state index is -0.318. The van der Waals surface area contributed by atoms with E-state index in [9.17, 15) is 4.39 Å². The van der Waals surface area contributed by atoms with Gasteiger partial charge in [-0.1, -0.05) is 6.07 Å². The normalized spacial score (nSPS) is 23.9. The summed E-state index contributed by atoms with van der Waals surface area (Å²) in [6.07, 6.45) is 2.16. The van der Waals surface area contributed by atoms with Crippen molar-refractivity contribution in [1.29, 1.82) is 0 Å². The summed E-state index contributed by atoms with van der Waals surface area (Å²) in [5.41, 5.74) is 0.911. The lowest BCUT2D eigenvalue weighted by atomic mass is 9.94. The lowest BCUT2D eigenvalue weighted by molar-refractivity contribution is 0.0278. The van der Waals surface area contributed by atoms with E-state index >= 15 is 0 Å². The molecule has 0 aliphatic carbocycles. The van der Waals surface area contributed by atoms with Crippen molar-refractivity contribution < 1.29 is 13.9 Å². The topological polar surface area (TPSA) is 30.5 Å². The van der Waals surface area contributed by atoms with Crippen molar-refractivity contribution in [2.45, 2.75) is 31.8 Å². The van der Waals surface area contributed by atoms with E-state index in [0.717, 1.165) is 25.0 Å². The maximum Gasteiger partial charge on any atom is 0.165 e. The number of methoxy groups -OCH3 is 1. The van der Waals surface area contributed by atoms with Gasteiger partial charge in [0.1, 0.15) is 0 Å². The molecule has 0 saturated carbocycles. The quantitative estimate of drug-likeness (QED) is 0.894. The first-order valence-electron chi connectivity index (χ1n) is 6.28. The molecule has 18 heavy (non-hydrogen) atoms. The molecule has 1 heterocycles. The summed E-state index contributed by atoms with van der Waals surface area (Å²) in [6.45, 7) is 4.34. The van der Waals surface area contributed by atoms with Gasteiger partial charge in [0.2, 0.25) is 0 Å². The van der Waals surface area contributed by atoms with Gasteiger partial charge >= 0.3 is 0 Å². The van der Waals surface area contributed by atoms with Crippen LogP contribution in [0.1, 0.15) is 25.3 Å². The Labute approximate surface area is 107 Å². The summed E-state index contributed by atoms with van der Waals surface area (Å²) in [5.74, 6) is -0.0344. The molecule has 1 saturated heterocycles. The highest BCUT2D eigenvalue weighted by molar-refractivity contribution is 5.29. The van der Waals surface area contributed by atoms with Crippen LogP contribution in [-0.2, 0) is 11.3 Å². The summed E-state index contributed by atoms with van der Waals surface area (Å²) in [4.78, 5) is 0. The molecule has 1 unspecified atom stereocenters. The molecule has 0 radical (unpaired) electrons. The van der Waals surface area contributed by atoms with Crippen LogP contribution in [0.25, 0.3) is 0 Å². The number of benzene rings is 1. The van der Waals surface area contributed by atoms with E-state index in [0.29, 0.717) is 13.2 Å². The van der Waals surface area contributed by atoms with Gasteiger partial charge in [-0.05, 0) is 37.5 Å². The second-order valence-electron chi connectivity index (χ2n) is 5.04. The average molecular weight is 253 g/mol. The Kier molecular flexibility index (Phi) is 4.19. The van der Waals surface area contributed by atoms with E-state index in [-0.39, 0.29) is 17.1 Å². The van der Waals surface area contributed by atoms with E-state index in [1.807, 2.05) is 6.07 Å². The van der Waals surface area contributed by atoms with Crippen LogP contribution in [-0.4, -0.2) is 25.9 Å². The van der Waals surface area contributed by atoms with Crippen LogP contribution >= 0.6 is 0 Å². The van der Waals surface area contributed by atoms with Crippen LogP contribution in [0, 0.1) is 5.82 Å². The molecule has 0 amide bonds. The molecule has 100 valence electrons. The third-order valence-corrected chi connectivity index (χ3v) is 3.37. The van der Waals surface area contributed by atoms with Gasteiger partial charge in [0, 0.05) is 18.7 Å². The highest BCUT2D eigenvalue weighted by atomic mass is 19.1. The zero-order chi connectivity index (χ0) is 13.0. The van der Waals surface area contributed by atoms with E-state index in [4.69, 9.17) is 9.47 Å². The van der Waals surface area contributed by atoms with Gasteiger partial charge in [-0.2, -0.15) is 0 Å². The monoisotopic (exact) mass is 253 g/mol. The zero-order valence-electron chi connectivity index (χ0n) is 11.0. The maximum absolute atomic E-state index is 13.5. The van der Waals surface area contributed by atoms with Crippen LogP contribution in [0.2, 0.25) is 0 Å². The lowest BCUT2D eigenvalue weighted by Crippen LogP contribution is -2.48. The van der Waals surface area contributed by atoms with Crippen LogP contribution in [0.3, 0.4) is 0 Å². The maximum atomic E-state index is 13.5. The van der Waals surface area contributed by atoms with Gasteiger partial charge < -0.3 is 14.8 Å². The number of hydrogen-bond acceptors (Lipinski definition) is 3. The molecular weight excluding hydrogens is 233 g/mol. The number of hydrogen-bond donors (Lipinski definition) is 1. The second kappa shape index (κ2) is 5.67. The fraction of sp³-hybridized carbons (Fsp3) is 0.571. The molecule has 1 aromatic rings. The van der Waals surface area contributed by atoms with Crippen LogP contribution < -0.4 is 10.1 Å². The summed E-state index contributed by atoms with van der Waals surface area (Å²) in [5, 5.41) is 3.45. The third-order valence-electron chi connectivity index (χ3n) is 3.37. The van der Waals surface area contributed by atoms with Crippen LogP contribution in [0.15, 0.2) is 18.2 Å². The lowest BCUT2D eigenvalue weighted by Gasteiger charge is -2.34. The number of ether oxygens (including phenoxy) is 2. The van der Waals surface area contributed by atoms with E-state index in [2.05, 4.69) is 12.2 Å². The van der Waals surface area contributed by atoms with Crippen molar-refractivity contribution in [3.63, 3.8) is 0 Å². The molecule has 0 spiro atoms. The summed E-state index contributed by atoms with van der Waals surface area (Å²) in [6, 6.07) is 5.05. The Morgan fingerprint density at radius 2 is 2.33 bits per heavy atom.